The van der Waals surface area contributed by atoms with E-state index in [9.17, 15) is 4.79 Å². The van der Waals surface area contributed by atoms with Crippen molar-refractivity contribution in [2.75, 3.05) is 20.3 Å². The molecule has 0 heterocycles. The van der Waals surface area contributed by atoms with Crippen LogP contribution >= 0.6 is 0 Å². The maximum absolute atomic E-state index is 10.6. The molecule has 54 valence electrons. The van der Waals surface area contributed by atoms with Gasteiger partial charge >= 0.3 is 0 Å². The summed E-state index contributed by atoms with van der Waals surface area (Å²) in [5.74, 6) is 5.23. The predicted molar refractivity (Wildman–Crippen MR) is 41.2 cm³/mol. The summed E-state index contributed by atoms with van der Waals surface area (Å²) in [7, 11) is 3.20. The number of hydrogen-bond acceptors (Lipinski definition) is 2. The Labute approximate surface area is 61.5 Å². The van der Waals surface area contributed by atoms with E-state index < -0.39 is 0 Å². The molecule has 1 amide bonds. The summed E-state index contributed by atoms with van der Waals surface area (Å²) in [6.07, 6.45) is 0. The van der Waals surface area contributed by atoms with Crippen molar-refractivity contribution in [2.24, 2.45) is 0 Å². The summed E-state index contributed by atoms with van der Waals surface area (Å²) in [6.45, 7) is 0.504. The molecule has 0 rings (SSSR count). The molecule has 0 saturated heterocycles. The van der Waals surface area contributed by atoms with Crippen LogP contribution < -0.4 is 5.32 Å². The maximum atomic E-state index is 10.6. The van der Waals surface area contributed by atoms with Crippen molar-refractivity contribution >= 4 is 13.8 Å². The molecule has 0 aromatic heterocycles. The Kier molecular flexibility index (Phi) is 5.60. The normalized spacial score (nSPS) is 7.70. The first-order chi connectivity index (χ1) is 4.81. The van der Waals surface area contributed by atoms with E-state index in [0.29, 0.717) is 6.54 Å². The number of nitrogens with one attached hydrogen (secondary N) is 1. The second kappa shape index (κ2) is 6.18. The molecular formula is C6H10BNO2. The van der Waals surface area contributed by atoms with E-state index in [1.54, 1.807) is 7.85 Å². The van der Waals surface area contributed by atoms with E-state index >= 15 is 0 Å². The van der Waals surface area contributed by atoms with Gasteiger partial charge < -0.3 is 10.1 Å². The smallest absolute Gasteiger partial charge is 0.246 e. The molecule has 4 heteroatoms. The molecule has 0 unspecified atom stereocenters. The van der Waals surface area contributed by atoms with Crippen molar-refractivity contribution in [2.45, 2.75) is 0 Å². The van der Waals surface area contributed by atoms with Crippen LogP contribution in [0.4, 0.5) is 0 Å². The molecule has 0 atom stereocenters. The van der Waals surface area contributed by atoms with Crippen molar-refractivity contribution in [1.82, 2.24) is 5.32 Å². The van der Waals surface area contributed by atoms with E-state index in [1.165, 1.54) is 7.11 Å². The van der Waals surface area contributed by atoms with E-state index in [-0.39, 0.29) is 12.5 Å². The molecule has 0 spiro atoms. The van der Waals surface area contributed by atoms with E-state index in [2.05, 4.69) is 21.8 Å². The number of carbonyl (C=O) groups excluding carboxylic acids is 1. The second-order valence-electron chi connectivity index (χ2n) is 1.64. The van der Waals surface area contributed by atoms with Crippen LogP contribution in [-0.4, -0.2) is 34.0 Å². The van der Waals surface area contributed by atoms with Crippen molar-refractivity contribution in [3.8, 4) is 11.7 Å². The SMILES string of the molecule is BC#CCNC(=O)COC. The number of methoxy groups -OCH3 is 1. The Morgan fingerprint density at radius 2 is 2.50 bits per heavy atom. The standard InChI is InChI=1S/C6H10BNO2/c1-10-5-6(9)8-4-2-3-7/h4-5,7H2,1H3,(H,8,9). The first-order valence-electron chi connectivity index (χ1n) is 2.96. The summed E-state index contributed by atoms with van der Waals surface area (Å²) in [4.78, 5) is 10.6. The van der Waals surface area contributed by atoms with Gasteiger partial charge in [-0.25, -0.2) is 0 Å². The first kappa shape index (κ1) is 9.05. The molecule has 0 saturated carbocycles. The number of amides is 1. The molecule has 0 aromatic carbocycles. The van der Waals surface area contributed by atoms with Crippen molar-refractivity contribution in [3.05, 3.63) is 0 Å². The third kappa shape index (κ3) is 5.20. The quantitative estimate of drug-likeness (QED) is 0.375. The lowest BCUT2D eigenvalue weighted by Gasteiger charge is -1.97. The van der Waals surface area contributed by atoms with Gasteiger partial charge in [0.1, 0.15) is 6.61 Å². The van der Waals surface area contributed by atoms with Crippen molar-refractivity contribution in [3.63, 3.8) is 0 Å². The zero-order valence-electron chi connectivity index (χ0n) is 6.23. The van der Waals surface area contributed by atoms with Crippen LogP contribution in [0.15, 0.2) is 0 Å². The molecule has 0 aliphatic rings. The molecule has 0 radical (unpaired) electrons. The zero-order chi connectivity index (χ0) is 7.82. The Hall–Kier alpha value is -0.945. The summed E-state index contributed by atoms with van der Waals surface area (Å²) >= 11 is 0. The van der Waals surface area contributed by atoms with Gasteiger partial charge in [0.15, 0.2) is 7.85 Å². The van der Waals surface area contributed by atoms with Gasteiger partial charge in [-0.05, 0) is 0 Å². The molecule has 10 heavy (non-hydrogen) atoms. The Balaban J connectivity index is 3.27. The van der Waals surface area contributed by atoms with Crippen LogP contribution in [0.5, 0.6) is 0 Å². The average Bonchev–Trinajstić information content (AvgIpc) is 1.89. The highest BCUT2D eigenvalue weighted by Gasteiger charge is 1.94. The number of hydrogen-bond donors (Lipinski definition) is 1. The van der Waals surface area contributed by atoms with Crippen molar-refractivity contribution in [1.29, 1.82) is 0 Å². The van der Waals surface area contributed by atoms with E-state index in [0.717, 1.165) is 0 Å². The zero-order valence-corrected chi connectivity index (χ0v) is 6.23. The Morgan fingerprint density at radius 1 is 1.80 bits per heavy atom. The van der Waals surface area contributed by atoms with Crippen molar-refractivity contribution < 1.29 is 9.53 Å². The fourth-order valence-corrected chi connectivity index (χ4v) is 0.413. The van der Waals surface area contributed by atoms with Gasteiger partial charge in [0.2, 0.25) is 5.91 Å². The molecule has 0 aliphatic carbocycles. The summed E-state index contributed by atoms with van der Waals surface area (Å²) in [5, 5.41) is 2.55. The third-order valence-electron chi connectivity index (χ3n) is 0.826. The minimum absolute atomic E-state index is 0.103. The summed E-state index contributed by atoms with van der Waals surface area (Å²) in [5.41, 5.74) is 0. The lowest BCUT2D eigenvalue weighted by atomic mass is 10.2. The molecule has 0 bridgehead atoms. The fourth-order valence-electron chi connectivity index (χ4n) is 0.413. The van der Waals surface area contributed by atoms with Gasteiger partial charge in [-0.1, -0.05) is 5.92 Å². The van der Waals surface area contributed by atoms with Crippen LogP contribution in [0.2, 0.25) is 0 Å². The lowest BCUT2D eigenvalue weighted by Crippen LogP contribution is -2.27. The lowest BCUT2D eigenvalue weighted by molar-refractivity contribution is -0.124. The summed E-state index contributed by atoms with van der Waals surface area (Å²) < 4.78 is 4.57. The maximum Gasteiger partial charge on any atom is 0.246 e. The Morgan fingerprint density at radius 3 is 3.00 bits per heavy atom. The van der Waals surface area contributed by atoms with Crippen LogP contribution in [0.1, 0.15) is 0 Å². The fraction of sp³-hybridized carbons (Fsp3) is 0.500. The molecule has 0 aliphatic heterocycles. The van der Waals surface area contributed by atoms with Crippen LogP contribution in [-0.2, 0) is 9.53 Å². The van der Waals surface area contributed by atoms with Crippen LogP contribution in [0.3, 0.4) is 0 Å². The van der Waals surface area contributed by atoms with Gasteiger partial charge in [0, 0.05) is 7.11 Å². The monoisotopic (exact) mass is 139 g/mol. The highest BCUT2D eigenvalue weighted by molar-refractivity contribution is 6.22. The largest absolute Gasteiger partial charge is 0.375 e. The molecule has 1 N–H and O–H groups in total. The van der Waals surface area contributed by atoms with Gasteiger partial charge in [0.05, 0.1) is 6.54 Å². The average molecular weight is 139 g/mol. The minimum Gasteiger partial charge on any atom is -0.375 e. The highest BCUT2D eigenvalue weighted by atomic mass is 16.5. The predicted octanol–water partition coefficient (Wildman–Crippen LogP) is -1.66. The van der Waals surface area contributed by atoms with Crippen LogP contribution in [0.25, 0.3) is 0 Å². The van der Waals surface area contributed by atoms with Gasteiger partial charge in [0.25, 0.3) is 0 Å². The van der Waals surface area contributed by atoms with Gasteiger partial charge in [-0.2, -0.15) is 5.82 Å². The molecule has 0 fully saturated rings. The van der Waals surface area contributed by atoms with E-state index in [4.69, 9.17) is 0 Å². The highest BCUT2D eigenvalue weighted by Crippen LogP contribution is 1.66. The summed E-state index contributed by atoms with van der Waals surface area (Å²) in [6, 6.07) is 0. The number of carbonyl (C=O) groups is 1. The first-order valence-corrected chi connectivity index (χ1v) is 2.96. The molecular weight excluding hydrogens is 129 g/mol. The third-order valence-corrected chi connectivity index (χ3v) is 0.826. The molecule has 3 nitrogen and oxygen atoms in total. The minimum atomic E-state index is -0.134. The second-order valence-corrected chi connectivity index (χ2v) is 1.64. The number of ether oxygens (including phenoxy) is 1. The number of rotatable bonds is 3. The topological polar surface area (TPSA) is 38.3 Å². The van der Waals surface area contributed by atoms with Crippen LogP contribution in [0, 0.1) is 11.7 Å². The van der Waals surface area contributed by atoms with Gasteiger partial charge in [-0.15, -0.1) is 0 Å². The Bertz CT molecular complexity index is 159. The molecule has 0 aromatic rings. The van der Waals surface area contributed by atoms with Gasteiger partial charge in [-0.3, -0.25) is 4.79 Å². The van der Waals surface area contributed by atoms with E-state index in [1.807, 2.05) is 0 Å².